The third kappa shape index (κ3) is 5.05. The monoisotopic (exact) mass is 293 g/mol. The number of carbonyl (C=O) groups is 1. The first-order valence-corrected chi connectivity index (χ1v) is 7.77. The number of aliphatic hydroxyl groups is 1. The summed E-state index contributed by atoms with van der Waals surface area (Å²) in [5, 5.41) is 13.0. The Kier molecular flexibility index (Phi) is 7.23. The van der Waals surface area contributed by atoms with Crippen molar-refractivity contribution >= 4 is 5.91 Å². The smallest absolute Gasteiger partial charge is 0.260 e. The van der Waals surface area contributed by atoms with Gasteiger partial charge >= 0.3 is 0 Å². The van der Waals surface area contributed by atoms with E-state index in [1.54, 1.807) is 13.0 Å². The van der Waals surface area contributed by atoms with Gasteiger partial charge in [0.1, 0.15) is 5.75 Å². The minimum atomic E-state index is -0.587. The zero-order chi connectivity index (χ0) is 15.8. The van der Waals surface area contributed by atoms with Crippen molar-refractivity contribution < 1.29 is 14.6 Å². The number of hydrogen-bond donors (Lipinski definition) is 2. The van der Waals surface area contributed by atoms with E-state index in [-0.39, 0.29) is 11.9 Å². The minimum Gasteiger partial charge on any atom is -0.481 e. The second kappa shape index (κ2) is 8.67. The lowest BCUT2D eigenvalue weighted by molar-refractivity contribution is -0.128. The highest BCUT2D eigenvalue weighted by Gasteiger charge is 2.19. The van der Waals surface area contributed by atoms with E-state index in [2.05, 4.69) is 5.32 Å². The molecule has 0 aliphatic heterocycles. The van der Waals surface area contributed by atoms with Crippen LogP contribution in [0.25, 0.3) is 0 Å². The molecule has 0 heterocycles. The topological polar surface area (TPSA) is 58.6 Å². The highest BCUT2D eigenvalue weighted by atomic mass is 16.5. The van der Waals surface area contributed by atoms with E-state index in [1.165, 1.54) is 0 Å². The van der Waals surface area contributed by atoms with Crippen molar-refractivity contribution in [1.82, 2.24) is 5.32 Å². The zero-order valence-corrected chi connectivity index (χ0v) is 13.4. The van der Waals surface area contributed by atoms with E-state index in [0.717, 1.165) is 18.4 Å². The van der Waals surface area contributed by atoms with Gasteiger partial charge in [0.2, 0.25) is 0 Å². The van der Waals surface area contributed by atoms with Crippen molar-refractivity contribution in [3.8, 4) is 5.75 Å². The molecule has 4 nitrogen and oxygen atoms in total. The third-order valence-electron chi connectivity index (χ3n) is 3.67. The molecule has 0 aliphatic carbocycles. The van der Waals surface area contributed by atoms with E-state index in [1.807, 2.05) is 39.0 Å². The van der Waals surface area contributed by atoms with Gasteiger partial charge < -0.3 is 15.2 Å². The number of nitrogens with one attached hydrogen (secondary N) is 1. The van der Waals surface area contributed by atoms with E-state index in [9.17, 15) is 9.90 Å². The molecular formula is C17H27NO3. The van der Waals surface area contributed by atoms with Crippen LogP contribution in [0.5, 0.6) is 5.75 Å². The lowest BCUT2D eigenvalue weighted by atomic mass is 10.1. The molecule has 1 amide bonds. The number of rotatable bonds is 8. The Morgan fingerprint density at radius 2 is 1.81 bits per heavy atom. The molecular weight excluding hydrogens is 266 g/mol. The van der Waals surface area contributed by atoms with Crippen molar-refractivity contribution in [3.63, 3.8) is 0 Å². The number of hydrogen-bond acceptors (Lipinski definition) is 3. The fraction of sp³-hybridized carbons (Fsp3) is 0.588. The molecule has 0 saturated heterocycles. The molecule has 0 radical (unpaired) electrons. The van der Waals surface area contributed by atoms with Crippen LogP contribution in [0.15, 0.2) is 24.3 Å². The molecule has 0 saturated carbocycles. The SMILES string of the molecule is CCC(CC)NC(=O)C(C)Oc1ccccc1[C@@H](O)CC. The predicted molar refractivity (Wildman–Crippen MR) is 84.3 cm³/mol. The summed E-state index contributed by atoms with van der Waals surface area (Å²) in [6.45, 7) is 7.73. The van der Waals surface area contributed by atoms with Crippen LogP contribution in [0.3, 0.4) is 0 Å². The standard InChI is InChI=1S/C17H27NO3/c1-5-13(6-2)18-17(20)12(4)21-16-11-9-8-10-14(16)15(19)7-3/h8-13,15,19H,5-7H2,1-4H3,(H,18,20)/t12?,15-/m0/s1. The summed E-state index contributed by atoms with van der Waals surface area (Å²) in [5.74, 6) is 0.448. The summed E-state index contributed by atoms with van der Waals surface area (Å²) in [6, 6.07) is 7.49. The van der Waals surface area contributed by atoms with Crippen LogP contribution in [0.1, 0.15) is 58.6 Å². The Morgan fingerprint density at radius 1 is 1.19 bits per heavy atom. The van der Waals surface area contributed by atoms with Crippen LogP contribution < -0.4 is 10.1 Å². The van der Waals surface area contributed by atoms with Gasteiger partial charge in [-0.25, -0.2) is 0 Å². The molecule has 0 bridgehead atoms. The Morgan fingerprint density at radius 3 is 2.38 bits per heavy atom. The van der Waals surface area contributed by atoms with Gasteiger partial charge in [0.25, 0.3) is 5.91 Å². The lowest BCUT2D eigenvalue weighted by Gasteiger charge is -2.21. The molecule has 1 aromatic rings. The van der Waals surface area contributed by atoms with Gasteiger partial charge in [-0.3, -0.25) is 4.79 Å². The number of para-hydroxylation sites is 1. The highest BCUT2D eigenvalue weighted by Crippen LogP contribution is 2.27. The van der Waals surface area contributed by atoms with Gasteiger partial charge in [-0.2, -0.15) is 0 Å². The summed E-state index contributed by atoms with van der Waals surface area (Å²) in [6.07, 6.45) is 1.25. The van der Waals surface area contributed by atoms with Gasteiger partial charge in [0.05, 0.1) is 6.10 Å². The molecule has 2 atom stereocenters. The fourth-order valence-corrected chi connectivity index (χ4v) is 2.14. The molecule has 1 aromatic carbocycles. The third-order valence-corrected chi connectivity index (χ3v) is 3.67. The summed E-state index contributed by atoms with van der Waals surface area (Å²) < 4.78 is 5.75. The Balaban J connectivity index is 2.74. The van der Waals surface area contributed by atoms with Crippen molar-refractivity contribution in [2.45, 2.75) is 65.2 Å². The predicted octanol–water partition coefficient (Wildman–Crippen LogP) is 3.20. The summed E-state index contributed by atoms with van der Waals surface area (Å²) in [7, 11) is 0. The molecule has 2 N–H and O–H groups in total. The number of amides is 1. The number of benzene rings is 1. The Hall–Kier alpha value is -1.55. The maximum atomic E-state index is 12.1. The second-order valence-electron chi connectivity index (χ2n) is 5.24. The molecule has 118 valence electrons. The second-order valence-corrected chi connectivity index (χ2v) is 5.24. The normalized spacial score (nSPS) is 13.8. The van der Waals surface area contributed by atoms with E-state index in [0.29, 0.717) is 12.2 Å². The molecule has 21 heavy (non-hydrogen) atoms. The molecule has 1 rings (SSSR count). The van der Waals surface area contributed by atoms with Crippen LogP contribution in [0, 0.1) is 0 Å². The van der Waals surface area contributed by atoms with Crippen LogP contribution in [-0.4, -0.2) is 23.2 Å². The first kappa shape index (κ1) is 17.5. The molecule has 4 heteroatoms. The van der Waals surface area contributed by atoms with Gasteiger partial charge in [-0.1, -0.05) is 39.0 Å². The van der Waals surface area contributed by atoms with Gasteiger partial charge in [-0.05, 0) is 32.3 Å². The van der Waals surface area contributed by atoms with E-state index < -0.39 is 12.2 Å². The molecule has 0 spiro atoms. The lowest BCUT2D eigenvalue weighted by Crippen LogP contribution is -2.42. The quantitative estimate of drug-likeness (QED) is 0.774. The van der Waals surface area contributed by atoms with Crippen LogP contribution in [0.2, 0.25) is 0 Å². The summed E-state index contributed by atoms with van der Waals surface area (Å²) in [5.41, 5.74) is 0.724. The van der Waals surface area contributed by atoms with Crippen molar-refractivity contribution in [3.05, 3.63) is 29.8 Å². The van der Waals surface area contributed by atoms with Crippen molar-refractivity contribution in [2.24, 2.45) is 0 Å². The zero-order valence-electron chi connectivity index (χ0n) is 13.4. The summed E-state index contributed by atoms with van der Waals surface area (Å²) >= 11 is 0. The van der Waals surface area contributed by atoms with Crippen molar-refractivity contribution in [1.29, 1.82) is 0 Å². The average molecular weight is 293 g/mol. The van der Waals surface area contributed by atoms with Gasteiger partial charge in [0.15, 0.2) is 6.10 Å². The van der Waals surface area contributed by atoms with E-state index in [4.69, 9.17) is 4.74 Å². The van der Waals surface area contributed by atoms with Crippen molar-refractivity contribution in [2.75, 3.05) is 0 Å². The number of ether oxygens (including phenoxy) is 1. The molecule has 1 unspecified atom stereocenters. The first-order chi connectivity index (χ1) is 10.0. The molecule has 0 fully saturated rings. The van der Waals surface area contributed by atoms with Crippen LogP contribution >= 0.6 is 0 Å². The Bertz CT molecular complexity index is 443. The molecule has 0 aliphatic rings. The van der Waals surface area contributed by atoms with Gasteiger partial charge in [-0.15, -0.1) is 0 Å². The molecule has 0 aromatic heterocycles. The Labute approximate surface area is 127 Å². The highest BCUT2D eigenvalue weighted by molar-refractivity contribution is 5.81. The largest absolute Gasteiger partial charge is 0.481 e. The van der Waals surface area contributed by atoms with E-state index >= 15 is 0 Å². The average Bonchev–Trinajstić information content (AvgIpc) is 2.51. The minimum absolute atomic E-state index is 0.121. The maximum absolute atomic E-state index is 12.1. The summed E-state index contributed by atoms with van der Waals surface area (Å²) in [4.78, 5) is 12.1. The number of carbonyl (C=O) groups excluding carboxylic acids is 1. The van der Waals surface area contributed by atoms with Crippen LogP contribution in [-0.2, 0) is 4.79 Å². The number of aliphatic hydroxyl groups excluding tert-OH is 1. The van der Waals surface area contributed by atoms with Crippen LogP contribution in [0.4, 0.5) is 0 Å². The maximum Gasteiger partial charge on any atom is 0.260 e. The fourth-order valence-electron chi connectivity index (χ4n) is 2.14. The van der Waals surface area contributed by atoms with Gasteiger partial charge in [0, 0.05) is 11.6 Å². The first-order valence-electron chi connectivity index (χ1n) is 7.77.